The number of hydrogen-bond donors (Lipinski definition) is 2. The number of rotatable bonds is 6. The Labute approximate surface area is 94.2 Å². The second-order valence-corrected chi connectivity index (χ2v) is 4.20. The Morgan fingerprint density at radius 1 is 1.73 bits per heavy atom. The highest BCUT2D eigenvalue weighted by Gasteiger charge is 2.08. The molecule has 1 rings (SSSR count). The molecule has 82 valence electrons. The van der Waals surface area contributed by atoms with Crippen molar-refractivity contribution >= 4 is 17.2 Å². The third-order valence-electron chi connectivity index (χ3n) is 1.92. The summed E-state index contributed by atoms with van der Waals surface area (Å²) in [4.78, 5) is 12.6. The Bertz CT molecular complexity index is 308. The first-order valence-electron chi connectivity index (χ1n) is 4.88. The van der Waals surface area contributed by atoms with Crippen molar-refractivity contribution in [3.63, 3.8) is 0 Å². The summed E-state index contributed by atoms with van der Waals surface area (Å²) in [6.45, 7) is 6.54. The topological polar surface area (TPSA) is 41.1 Å². The van der Waals surface area contributed by atoms with Crippen LogP contribution < -0.4 is 10.6 Å². The van der Waals surface area contributed by atoms with E-state index in [9.17, 15) is 4.79 Å². The van der Waals surface area contributed by atoms with E-state index in [2.05, 4.69) is 17.2 Å². The zero-order valence-electron chi connectivity index (χ0n) is 8.82. The predicted molar refractivity (Wildman–Crippen MR) is 63.9 cm³/mol. The van der Waals surface area contributed by atoms with Gasteiger partial charge in [0.1, 0.15) is 0 Å². The van der Waals surface area contributed by atoms with Gasteiger partial charge in [0.15, 0.2) is 0 Å². The van der Waals surface area contributed by atoms with Crippen molar-refractivity contribution < 1.29 is 4.79 Å². The van der Waals surface area contributed by atoms with Crippen LogP contribution in [0.5, 0.6) is 0 Å². The van der Waals surface area contributed by atoms with Crippen LogP contribution in [0.3, 0.4) is 0 Å². The molecule has 1 aromatic rings. The molecule has 0 saturated heterocycles. The highest BCUT2D eigenvalue weighted by molar-refractivity contribution is 7.10. The van der Waals surface area contributed by atoms with E-state index in [4.69, 9.17) is 0 Å². The monoisotopic (exact) mass is 224 g/mol. The average Bonchev–Trinajstić information content (AvgIpc) is 2.70. The predicted octanol–water partition coefficient (Wildman–Crippen LogP) is 1.70. The molecule has 1 amide bonds. The van der Waals surface area contributed by atoms with E-state index in [1.807, 2.05) is 24.4 Å². The van der Waals surface area contributed by atoms with Gasteiger partial charge in [0, 0.05) is 11.4 Å². The fraction of sp³-hybridized carbons (Fsp3) is 0.364. The average molecular weight is 224 g/mol. The van der Waals surface area contributed by atoms with Crippen LogP contribution in [0.1, 0.15) is 17.8 Å². The van der Waals surface area contributed by atoms with Crippen LogP contribution >= 0.6 is 11.3 Å². The first-order chi connectivity index (χ1) is 7.24. The minimum Gasteiger partial charge on any atom is -0.348 e. The summed E-state index contributed by atoms with van der Waals surface area (Å²) in [5, 5.41) is 7.88. The maximum atomic E-state index is 11.4. The second-order valence-electron chi connectivity index (χ2n) is 3.22. The molecule has 0 aliphatic rings. The van der Waals surface area contributed by atoms with Crippen molar-refractivity contribution in [3.8, 4) is 0 Å². The molecule has 1 aromatic heterocycles. The molecule has 0 aliphatic carbocycles. The van der Waals surface area contributed by atoms with E-state index in [1.54, 1.807) is 17.4 Å². The van der Waals surface area contributed by atoms with Gasteiger partial charge in [-0.15, -0.1) is 17.9 Å². The van der Waals surface area contributed by atoms with Gasteiger partial charge in [0.2, 0.25) is 5.91 Å². The van der Waals surface area contributed by atoms with Gasteiger partial charge in [-0.05, 0) is 18.4 Å². The number of carbonyl (C=O) groups is 1. The van der Waals surface area contributed by atoms with E-state index >= 15 is 0 Å². The fourth-order valence-corrected chi connectivity index (χ4v) is 1.92. The Morgan fingerprint density at radius 2 is 2.53 bits per heavy atom. The van der Waals surface area contributed by atoms with Crippen LogP contribution in [-0.4, -0.2) is 19.0 Å². The van der Waals surface area contributed by atoms with Gasteiger partial charge in [-0.25, -0.2) is 0 Å². The zero-order valence-corrected chi connectivity index (χ0v) is 9.64. The van der Waals surface area contributed by atoms with Crippen molar-refractivity contribution in [2.24, 2.45) is 0 Å². The molecule has 15 heavy (non-hydrogen) atoms. The maximum absolute atomic E-state index is 11.4. The normalized spacial score (nSPS) is 12.1. The largest absolute Gasteiger partial charge is 0.348 e. The van der Waals surface area contributed by atoms with Crippen molar-refractivity contribution in [2.45, 2.75) is 13.0 Å². The summed E-state index contributed by atoms with van der Waals surface area (Å²) < 4.78 is 0. The highest BCUT2D eigenvalue weighted by Crippen LogP contribution is 2.17. The second kappa shape index (κ2) is 6.37. The van der Waals surface area contributed by atoms with Gasteiger partial charge < -0.3 is 10.6 Å². The molecule has 0 radical (unpaired) electrons. The lowest BCUT2D eigenvalue weighted by Gasteiger charge is -2.12. The first-order valence-corrected chi connectivity index (χ1v) is 5.76. The summed E-state index contributed by atoms with van der Waals surface area (Å²) >= 11 is 1.65. The van der Waals surface area contributed by atoms with Crippen LogP contribution in [0.15, 0.2) is 30.2 Å². The molecular formula is C11H16N2OS. The number of hydrogen-bond acceptors (Lipinski definition) is 3. The minimum absolute atomic E-state index is 0.0118. The van der Waals surface area contributed by atoms with Crippen molar-refractivity contribution in [1.29, 1.82) is 0 Å². The fourth-order valence-electron chi connectivity index (χ4n) is 1.19. The zero-order chi connectivity index (χ0) is 11.1. The molecule has 0 aromatic carbocycles. The third-order valence-corrected chi connectivity index (χ3v) is 2.98. The molecule has 1 heterocycles. The Morgan fingerprint density at radius 3 is 3.13 bits per heavy atom. The van der Waals surface area contributed by atoms with Gasteiger partial charge in [-0.3, -0.25) is 4.79 Å². The van der Waals surface area contributed by atoms with E-state index in [1.165, 1.54) is 4.88 Å². The molecule has 0 saturated carbocycles. The van der Waals surface area contributed by atoms with Gasteiger partial charge in [-0.2, -0.15) is 0 Å². The van der Waals surface area contributed by atoms with Crippen LogP contribution in [0.4, 0.5) is 0 Å². The molecule has 0 aliphatic heterocycles. The first kappa shape index (κ1) is 11.9. The molecule has 3 nitrogen and oxygen atoms in total. The molecule has 0 bridgehead atoms. The minimum atomic E-state index is 0.0118. The molecule has 0 fully saturated rings. The van der Waals surface area contributed by atoms with Gasteiger partial charge in [-0.1, -0.05) is 12.1 Å². The van der Waals surface area contributed by atoms with Gasteiger partial charge in [0.05, 0.1) is 12.6 Å². The van der Waals surface area contributed by atoms with Crippen LogP contribution in [0.2, 0.25) is 0 Å². The van der Waals surface area contributed by atoms with Crippen molar-refractivity contribution in [2.75, 3.05) is 13.1 Å². The summed E-state index contributed by atoms with van der Waals surface area (Å²) in [6.07, 6.45) is 1.73. The quantitative estimate of drug-likeness (QED) is 0.570. The third kappa shape index (κ3) is 4.27. The summed E-state index contributed by atoms with van der Waals surface area (Å²) in [5.41, 5.74) is 0. The Hall–Kier alpha value is -1.13. The molecule has 2 N–H and O–H groups in total. The van der Waals surface area contributed by atoms with Crippen molar-refractivity contribution in [3.05, 3.63) is 35.0 Å². The van der Waals surface area contributed by atoms with Gasteiger partial charge in [0.25, 0.3) is 0 Å². The van der Waals surface area contributed by atoms with Gasteiger partial charge >= 0.3 is 0 Å². The summed E-state index contributed by atoms with van der Waals surface area (Å²) in [7, 11) is 0. The SMILES string of the molecule is C=CCNCC(=O)NC(C)c1cccs1. The Kier molecular flexibility index (Phi) is 5.07. The van der Waals surface area contributed by atoms with E-state index < -0.39 is 0 Å². The standard InChI is InChI=1S/C11H16N2OS/c1-3-6-12-8-11(14)13-9(2)10-5-4-7-15-10/h3-5,7,9,12H,1,6,8H2,2H3,(H,13,14). The van der Waals surface area contributed by atoms with Crippen LogP contribution in [0.25, 0.3) is 0 Å². The van der Waals surface area contributed by atoms with E-state index in [0.29, 0.717) is 13.1 Å². The number of thiophene rings is 1. The smallest absolute Gasteiger partial charge is 0.234 e. The van der Waals surface area contributed by atoms with Crippen molar-refractivity contribution in [1.82, 2.24) is 10.6 Å². The number of amides is 1. The number of nitrogens with one attached hydrogen (secondary N) is 2. The molecule has 1 unspecified atom stereocenters. The number of carbonyl (C=O) groups excluding carboxylic acids is 1. The molecule has 4 heteroatoms. The van der Waals surface area contributed by atoms with Crippen LogP contribution in [-0.2, 0) is 4.79 Å². The molecule has 1 atom stereocenters. The molecular weight excluding hydrogens is 208 g/mol. The molecule has 0 spiro atoms. The summed E-state index contributed by atoms with van der Waals surface area (Å²) in [6, 6.07) is 4.09. The highest BCUT2D eigenvalue weighted by atomic mass is 32.1. The lowest BCUT2D eigenvalue weighted by atomic mass is 10.3. The van der Waals surface area contributed by atoms with E-state index in [-0.39, 0.29) is 11.9 Å². The van der Waals surface area contributed by atoms with Crippen LogP contribution in [0, 0.1) is 0 Å². The lowest BCUT2D eigenvalue weighted by Crippen LogP contribution is -2.35. The Balaban J connectivity index is 2.28. The summed E-state index contributed by atoms with van der Waals surface area (Å²) in [5.74, 6) is 0.0118. The lowest BCUT2D eigenvalue weighted by molar-refractivity contribution is -0.120. The van der Waals surface area contributed by atoms with E-state index in [0.717, 1.165) is 0 Å². The maximum Gasteiger partial charge on any atom is 0.234 e.